The molecule has 1 aliphatic carbocycles. The van der Waals surface area contributed by atoms with Gasteiger partial charge >= 0.3 is 0 Å². The van der Waals surface area contributed by atoms with E-state index in [9.17, 15) is 9.18 Å². The zero-order chi connectivity index (χ0) is 21.9. The minimum absolute atomic E-state index is 0.0617. The van der Waals surface area contributed by atoms with E-state index in [1.807, 2.05) is 6.92 Å². The first-order valence-electron chi connectivity index (χ1n) is 9.66. The monoisotopic (exact) mass is 442 g/mol. The Morgan fingerprint density at radius 3 is 2.87 bits per heavy atom. The number of amides is 1. The number of imidazole rings is 1. The number of benzene rings is 1. The fourth-order valence-corrected chi connectivity index (χ4v) is 3.91. The maximum atomic E-state index is 15.2. The highest BCUT2D eigenvalue weighted by Gasteiger charge is 2.43. The fraction of sp³-hybridized carbons (Fsp3) is 0.238. The number of H-pyrrole nitrogens is 1. The highest BCUT2D eigenvalue weighted by Crippen LogP contribution is 2.40. The van der Waals surface area contributed by atoms with E-state index in [0.29, 0.717) is 33.4 Å². The Labute approximate surface area is 180 Å². The summed E-state index contributed by atoms with van der Waals surface area (Å²) in [6.07, 6.45) is 7.24. The van der Waals surface area contributed by atoms with Gasteiger partial charge in [0, 0.05) is 22.7 Å². The topological polar surface area (TPSA) is 88.0 Å². The normalized spacial score (nSPS) is 18.7. The summed E-state index contributed by atoms with van der Waals surface area (Å²) in [4.78, 5) is 20.6. The van der Waals surface area contributed by atoms with Gasteiger partial charge in [-0.25, -0.2) is 13.8 Å². The Bertz CT molecular complexity index is 1390. The van der Waals surface area contributed by atoms with Gasteiger partial charge in [0.05, 0.1) is 40.7 Å². The molecule has 5 rings (SSSR count). The van der Waals surface area contributed by atoms with E-state index >= 15 is 4.39 Å². The molecule has 1 amide bonds. The molecule has 2 atom stereocenters. The van der Waals surface area contributed by atoms with Crippen molar-refractivity contribution in [3.05, 3.63) is 47.3 Å². The lowest BCUT2D eigenvalue weighted by molar-refractivity contribution is -0.117. The molecule has 3 aromatic heterocycles. The molecule has 1 saturated carbocycles. The molecule has 158 valence electrons. The third kappa shape index (κ3) is 3.16. The molecular formula is C21H17ClF2N6O. The van der Waals surface area contributed by atoms with Crippen LogP contribution in [0.3, 0.4) is 0 Å². The number of hydrogen-bond acceptors (Lipinski definition) is 4. The van der Waals surface area contributed by atoms with Crippen molar-refractivity contribution in [2.75, 3.05) is 5.32 Å². The molecule has 2 N–H and O–H groups in total. The van der Waals surface area contributed by atoms with E-state index in [4.69, 9.17) is 11.6 Å². The number of hydrogen-bond donors (Lipinski definition) is 2. The minimum Gasteiger partial charge on any atom is -0.309 e. The Balaban J connectivity index is 1.60. The zero-order valence-electron chi connectivity index (χ0n) is 16.6. The summed E-state index contributed by atoms with van der Waals surface area (Å²) < 4.78 is 30.0. The molecule has 0 bridgehead atoms. The van der Waals surface area contributed by atoms with Crippen molar-refractivity contribution in [1.29, 1.82) is 0 Å². The van der Waals surface area contributed by atoms with Crippen LogP contribution in [-0.2, 0) is 4.79 Å². The second-order valence-electron chi connectivity index (χ2n) is 7.52. The van der Waals surface area contributed by atoms with Gasteiger partial charge in [0.15, 0.2) is 17.3 Å². The van der Waals surface area contributed by atoms with Crippen molar-refractivity contribution in [2.24, 2.45) is 5.92 Å². The molecule has 0 saturated heterocycles. The second kappa shape index (κ2) is 7.12. The van der Waals surface area contributed by atoms with Gasteiger partial charge in [0.1, 0.15) is 6.17 Å². The number of nitrogens with zero attached hydrogens (tertiary/aromatic N) is 4. The van der Waals surface area contributed by atoms with Crippen LogP contribution < -0.4 is 5.32 Å². The van der Waals surface area contributed by atoms with Gasteiger partial charge in [-0.3, -0.25) is 14.9 Å². The van der Waals surface area contributed by atoms with Gasteiger partial charge in [-0.2, -0.15) is 5.10 Å². The zero-order valence-corrected chi connectivity index (χ0v) is 17.3. The summed E-state index contributed by atoms with van der Waals surface area (Å²) in [6, 6.07) is 0. The number of rotatable bonds is 4. The van der Waals surface area contributed by atoms with Crippen molar-refractivity contribution < 1.29 is 13.6 Å². The quantitative estimate of drug-likeness (QED) is 0.476. The van der Waals surface area contributed by atoms with Gasteiger partial charge < -0.3 is 9.72 Å². The maximum absolute atomic E-state index is 15.2. The predicted octanol–water partition coefficient (Wildman–Crippen LogP) is 4.78. The minimum atomic E-state index is -1.09. The third-order valence-corrected chi connectivity index (χ3v) is 5.87. The second-order valence-corrected chi connectivity index (χ2v) is 7.90. The van der Waals surface area contributed by atoms with Gasteiger partial charge in [-0.05, 0) is 25.8 Å². The van der Waals surface area contributed by atoms with Crippen LogP contribution in [0.5, 0.6) is 0 Å². The number of nitrogens with one attached hydrogen (secondary N) is 2. The summed E-state index contributed by atoms with van der Waals surface area (Å²) in [6.45, 7) is 3.62. The van der Waals surface area contributed by atoms with Crippen LogP contribution >= 0.6 is 11.6 Å². The SMILES string of the molecule is C/C=C(\C)c1c(F)c(Cl)c(-c2cn3cc(NC(=O)[C@@H]4C[C@@H]4F)nc3cn2)c2cn[nH]c12. The van der Waals surface area contributed by atoms with E-state index in [0.717, 1.165) is 5.57 Å². The summed E-state index contributed by atoms with van der Waals surface area (Å²) in [5.41, 5.74) is 2.89. The van der Waals surface area contributed by atoms with Crippen LogP contribution in [0, 0.1) is 11.7 Å². The number of aromatic amines is 1. The Kier molecular flexibility index (Phi) is 4.51. The molecule has 1 aliphatic rings. The van der Waals surface area contributed by atoms with Crippen molar-refractivity contribution >= 4 is 45.4 Å². The van der Waals surface area contributed by atoms with Gasteiger partial charge in [0.25, 0.3) is 0 Å². The lowest BCUT2D eigenvalue weighted by atomic mass is 9.98. The van der Waals surface area contributed by atoms with Crippen LogP contribution in [0.2, 0.25) is 5.02 Å². The number of alkyl halides is 1. The molecular weight excluding hydrogens is 426 g/mol. The van der Waals surface area contributed by atoms with Crippen molar-refractivity contribution in [2.45, 2.75) is 26.4 Å². The number of carbonyl (C=O) groups is 1. The number of halogens is 3. The molecule has 31 heavy (non-hydrogen) atoms. The fourth-order valence-electron chi connectivity index (χ4n) is 3.62. The lowest BCUT2D eigenvalue weighted by Gasteiger charge is -2.12. The number of allylic oxidation sites excluding steroid dienone is 2. The first-order chi connectivity index (χ1) is 14.9. The molecule has 1 aromatic carbocycles. The van der Waals surface area contributed by atoms with E-state index < -0.39 is 23.8 Å². The van der Waals surface area contributed by atoms with Gasteiger partial charge in [-0.15, -0.1) is 0 Å². The first-order valence-corrected chi connectivity index (χ1v) is 10.0. The molecule has 10 heteroatoms. The average Bonchev–Trinajstić information content (AvgIpc) is 3.12. The van der Waals surface area contributed by atoms with Gasteiger partial charge in [0.2, 0.25) is 5.91 Å². The standard InChI is InChI=1S/C21H17ClF2N6O/c1-3-9(2)16-19(24)18(22)17(11-5-26-29-20(11)16)13-7-30-8-14(27-15(30)6-25-13)28-21(31)10-4-12(10)23/h3,5-8,10,12H,4H2,1-2H3,(H,26,29)(H,28,31)/b9-3+/t10-,12+/m1/s1. The van der Waals surface area contributed by atoms with Crippen molar-refractivity contribution in [3.8, 4) is 11.3 Å². The summed E-state index contributed by atoms with van der Waals surface area (Å²) >= 11 is 6.45. The highest BCUT2D eigenvalue weighted by atomic mass is 35.5. The Morgan fingerprint density at radius 2 is 2.16 bits per heavy atom. The number of carbonyl (C=O) groups excluding carboxylic acids is 1. The lowest BCUT2D eigenvalue weighted by Crippen LogP contribution is -2.15. The van der Waals surface area contributed by atoms with Crippen LogP contribution in [0.4, 0.5) is 14.6 Å². The maximum Gasteiger partial charge on any atom is 0.231 e. The van der Waals surface area contributed by atoms with E-state index in [2.05, 4.69) is 25.5 Å². The molecule has 3 heterocycles. The van der Waals surface area contributed by atoms with Crippen LogP contribution in [0.1, 0.15) is 25.8 Å². The van der Waals surface area contributed by atoms with E-state index in [1.165, 1.54) is 6.20 Å². The summed E-state index contributed by atoms with van der Waals surface area (Å²) in [5, 5.41) is 10.1. The average molecular weight is 443 g/mol. The highest BCUT2D eigenvalue weighted by molar-refractivity contribution is 6.35. The molecule has 4 aromatic rings. The summed E-state index contributed by atoms with van der Waals surface area (Å²) in [5.74, 6) is -1.29. The van der Waals surface area contributed by atoms with E-state index in [1.54, 1.807) is 36.0 Å². The molecule has 0 unspecified atom stereocenters. The predicted molar refractivity (Wildman–Crippen MR) is 114 cm³/mol. The number of fused-ring (bicyclic) bond motifs is 2. The van der Waals surface area contributed by atoms with Crippen molar-refractivity contribution in [3.63, 3.8) is 0 Å². The van der Waals surface area contributed by atoms with Crippen molar-refractivity contribution in [1.82, 2.24) is 24.6 Å². The van der Waals surface area contributed by atoms with Crippen LogP contribution in [-0.4, -0.2) is 36.6 Å². The third-order valence-electron chi connectivity index (χ3n) is 5.52. The Morgan fingerprint density at radius 1 is 1.39 bits per heavy atom. The largest absolute Gasteiger partial charge is 0.309 e. The first kappa shape index (κ1) is 19.6. The van der Waals surface area contributed by atoms with Crippen LogP contribution in [0.15, 0.2) is 30.9 Å². The molecule has 0 aliphatic heterocycles. The van der Waals surface area contributed by atoms with E-state index in [-0.39, 0.29) is 17.3 Å². The Hall–Kier alpha value is -3.33. The number of aromatic nitrogens is 5. The smallest absolute Gasteiger partial charge is 0.231 e. The summed E-state index contributed by atoms with van der Waals surface area (Å²) in [7, 11) is 0. The molecule has 1 fully saturated rings. The molecule has 0 radical (unpaired) electrons. The number of anilines is 1. The van der Waals surface area contributed by atoms with Gasteiger partial charge in [-0.1, -0.05) is 17.7 Å². The molecule has 0 spiro atoms. The molecule has 7 nitrogen and oxygen atoms in total. The van der Waals surface area contributed by atoms with Crippen LogP contribution in [0.25, 0.3) is 33.4 Å².